The Morgan fingerprint density at radius 1 is 0.617 bits per heavy atom. The highest BCUT2D eigenvalue weighted by molar-refractivity contribution is 7.47. The minimum Gasteiger partial charge on any atom is -0.393 e. The monoisotopic (exact) mass is 876 g/mol. The average molecular weight is 876 g/mol. The van der Waals surface area contributed by atoms with Crippen LogP contribution in [-0.4, -0.2) is 108 Å². The van der Waals surface area contributed by atoms with Crippen molar-refractivity contribution in [3.8, 4) is 0 Å². The van der Waals surface area contributed by atoms with Gasteiger partial charge in [0.1, 0.15) is 36.6 Å². The van der Waals surface area contributed by atoms with Crippen LogP contribution in [0.4, 0.5) is 0 Å². The van der Waals surface area contributed by atoms with E-state index in [4.69, 9.17) is 9.05 Å². The third kappa shape index (κ3) is 27.6. The molecule has 0 aliphatic heterocycles. The zero-order valence-corrected chi connectivity index (χ0v) is 38.0. The first-order valence-corrected chi connectivity index (χ1v) is 25.0. The zero-order valence-electron chi connectivity index (χ0n) is 37.1. The fourth-order valence-corrected chi connectivity index (χ4v) is 8.42. The van der Waals surface area contributed by atoms with Crippen LogP contribution in [0.15, 0.2) is 36.5 Å². The normalized spacial score (nSPS) is 23.7. The first-order valence-electron chi connectivity index (χ1n) is 23.5. The Balaban J connectivity index is 2.41. The second-order valence-corrected chi connectivity index (χ2v) is 18.2. The predicted octanol–water partition coefficient (Wildman–Crippen LogP) is 7.75. The van der Waals surface area contributed by atoms with E-state index < -0.39 is 75.2 Å². The average Bonchev–Trinajstić information content (AvgIpc) is 3.22. The summed E-state index contributed by atoms with van der Waals surface area (Å²) in [6.07, 6.45) is 27.2. The van der Waals surface area contributed by atoms with E-state index in [9.17, 15) is 50.0 Å². The van der Waals surface area contributed by atoms with E-state index in [1.807, 2.05) is 19.1 Å². The van der Waals surface area contributed by atoms with Crippen LogP contribution in [-0.2, 0) is 18.4 Å². The lowest BCUT2D eigenvalue weighted by Crippen LogP contribution is -2.64. The predicted molar refractivity (Wildman–Crippen MR) is 238 cm³/mol. The molecule has 0 heterocycles. The number of hydrogen-bond donors (Lipinski definition) is 9. The number of carbonyl (C=O) groups is 1. The van der Waals surface area contributed by atoms with Gasteiger partial charge in [-0.25, -0.2) is 4.57 Å². The molecular weight excluding hydrogens is 789 g/mol. The summed E-state index contributed by atoms with van der Waals surface area (Å²) in [7, 11) is -5.14. The SMILES string of the molecule is C/C=C/CC/C=C/CC/C=C/C(O)C(COP(=O)(O)OC1C(O)C(O)C(O)C(O)C1O)NC(=O)CC(O)CCCCCCCCCCCCCCCCCCCCCCC. The standard InChI is InChI=1S/C46H86NO12P/c1-3-5-7-9-11-13-14-15-16-17-18-19-20-21-22-23-24-26-27-29-31-33-37(48)35-40(50)47-38(39(49)34-32-30-28-25-12-10-8-6-4-2)36-58-60(56,57)59-46-44(54)42(52)41(51)43(53)45(46)55/h4,6,12,25,32,34,37-39,41-46,48-49,51-55H,3,5,7-11,13-24,26-31,33,35-36H2,1-2H3,(H,47,50)(H,56,57)/b6-4+,25-12+,34-32+. The maximum Gasteiger partial charge on any atom is 0.472 e. The summed E-state index contributed by atoms with van der Waals surface area (Å²) in [5.41, 5.74) is 0. The first kappa shape index (κ1) is 56.5. The first-order chi connectivity index (χ1) is 28.8. The van der Waals surface area contributed by atoms with Crippen molar-refractivity contribution in [1.29, 1.82) is 0 Å². The number of carbonyl (C=O) groups excluding carboxylic acids is 1. The molecule has 60 heavy (non-hydrogen) atoms. The highest BCUT2D eigenvalue weighted by Crippen LogP contribution is 2.47. The molecule has 1 saturated carbocycles. The van der Waals surface area contributed by atoms with Gasteiger partial charge in [0, 0.05) is 0 Å². The second-order valence-electron chi connectivity index (χ2n) is 16.8. The van der Waals surface area contributed by atoms with Crippen molar-refractivity contribution in [3.63, 3.8) is 0 Å². The Hall–Kier alpha value is -1.48. The molecule has 8 unspecified atom stereocenters. The van der Waals surface area contributed by atoms with E-state index in [-0.39, 0.29) is 6.42 Å². The van der Waals surface area contributed by atoms with Gasteiger partial charge >= 0.3 is 7.82 Å². The van der Waals surface area contributed by atoms with Crippen LogP contribution >= 0.6 is 7.82 Å². The largest absolute Gasteiger partial charge is 0.472 e. The summed E-state index contributed by atoms with van der Waals surface area (Å²) >= 11 is 0. The number of hydrogen-bond acceptors (Lipinski definition) is 11. The van der Waals surface area contributed by atoms with E-state index in [0.29, 0.717) is 19.3 Å². The lowest BCUT2D eigenvalue weighted by Gasteiger charge is -2.41. The van der Waals surface area contributed by atoms with Crippen LogP contribution in [0.25, 0.3) is 0 Å². The van der Waals surface area contributed by atoms with Crippen molar-refractivity contribution in [1.82, 2.24) is 5.32 Å². The molecule has 0 aromatic rings. The molecule has 0 spiro atoms. The highest BCUT2D eigenvalue weighted by atomic mass is 31.2. The molecular formula is C46H86NO12P. The summed E-state index contributed by atoms with van der Waals surface area (Å²) in [6, 6.07) is -1.26. The second kappa shape index (κ2) is 35.9. The van der Waals surface area contributed by atoms with Gasteiger partial charge < -0.3 is 46.0 Å². The minimum absolute atomic E-state index is 0.254. The Morgan fingerprint density at radius 2 is 1.02 bits per heavy atom. The number of rotatable bonds is 38. The molecule has 0 radical (unpaired) electrons. The summed E-state index contributed by atoms with van der Waals surface area (Å²) in [6.45, 7) is 3.48. The molecule has 13 nitrogen and oxygen atoms in total. The number of phosphoric acid groups is 1. The topological polar surface area (TPSA) is 226 Å². The van der Waals surface area contributed by atoms with E-state index in [1.54, 1.807) is 6.08 Å². The molecule has 9 N–H and O–H groups in total. The van der Waals surface area contributed by atoms with Crippen molar-refractivity contribution in [3.05, 3.63) is 36.5 Å². The molecule has 0 saturated heterocycles. The fourth-order valence-electron chi connectivity index (χ4n) is 7.46. The number of amides is 1. The molecule has 1 aliphatic rings. The molecule has 0 aromatic carbocycles. The van der Waals surface area contributed by atoms with Gasteiger partial charge in [-0.1, -0.05) is 178 Å². The van der Waals surface area contributed by atoms with Gasteiger partial charge in [-0.3, -0.25) is 13.8 Å². The Labute approximate surface area is 362 Å². The highest BCUT2D eigenvalue weighted by Gasteiger charge is 2.51. The molecule has 14 heteroatoms. The van der Waals surface area contributed by atoms with Crippen molar-refractivity contribution in [2.24, 2.45) is 0 Å². The third-order valence-electron chi connectivity index (χ3n) is 11.3. The molecule has 1 aliphatic carbocycles. The van der Waals surface area contributed by atoms with E-state index in [2.05, 4.69) is 24.4 Å². The summed E-state index contributed by atoms with van der Waals surface area (Å²) < 4.78 is 22.8. The van der Waals surface area contributed by atoms with E-state index >= 15 is 0 Å². The van der Waals surface area contributed by atoms with Crippen molar-refractivity contribution in [2.45, 2.75) is 242 Å². The summed E-state index contributed by atoms with van der Waals surface area (Å²) in [5, 5.41) is 74.2. The quantitative estimate of drug-likeness (QED) is 0.0165. The van der Waals surface area contributed by atoms with Gasteiger partial charge in [0.15, 0.2) is 0 Å². The fraction of sp³-hybridized carbons (Fsp3) is 0.848. The molecule has 8 atom stereocenters. The summed E-state index contributed by atoms with van der Waals surface area (Å²) in [5.74, 6) is -0.608. The minimum atomic E-state index is -5.14. The number of aliphatic hydroxyl groups is 7. The van der Waals surface area contributed by atoms with Gasteiger partial charge in [-0.15, -0.1) is 0 Å². The Morgan fingerprint density at radius 3 is 1.47 bits per heavy atom. The maximum absolute atomic E-state index is 13.0. The summed E-state index contributed by atoms with van der Waals surface area (Å²) in [4.78, 5) is 23.3. The zero-order chi connectivity index (χ0) is 44.4. The lowest BCUT2D eigenvalue weighted by atomic mass is 9.85. The Bertz CT molecular complexity index is 1170. The van der Waals surface area contributed by atoms with Crippen molar-refractivity contribution in [2.75, 3.05) is 6.61 Å². The molecule has 1 fully saturated rings. The van der Waals surface area contributed by atoms with Crippen LogP contribution in [0.2, 0.25) is 0 Å². The number of phosphoric ester groups is 1. The molecule has 1 rings (SSSR count). The number of allylic oxidation sites excluding steroid dienone is 5. The van der Waals surface area contributed by atoms with Gasteiger partial charge in [0.25, 0.3) is 0 Å². The molecule has 0 bridgehead atoms. The van der Waals surface area contributed by atoms with Gasteiger partial charge in [-0.2, -0.15) is 0 Å². The molecule has 352 valence electrons. The van der Waals surface area contributed by atoms with Crippen molar-refractivity contribution >= 4 is 13.7 Å². The number of aliphatic hydroxyl groups excluding tert-OH is 7. The smallest absolute Gasteiger partial charge is 0.393 e. The van der Waals surface area contributed by atoms with Crippen LogP contribution in [0, 0.1) is 0 Å². The lowest BCUT2D eigenvalue weighted by molar-refractivity contribution is -0.220. The number of unbranched alkanes of at least 4 members (excludes halogenated alkanes) is 22. The third-order valence-corrected chi connectivity index (χ3v) is 12.3. The van der Waals surface area contributed by atoms with Crippen LogP contribution in [0.5, 0.6) is 0 Å². The van der Waals surface area contributed by atoms with Crippen LogP contribution < -0.4 is 5.32 Å². The van der Waals surface area contributed by atoms with Crippen LogP contribution in [0.1, 0.15) is 187 Å². The van der Waals surface area contributed by atoms with Gasteiger partial charge in [-0.05, 0) is 39.0 Å². The van der Waals surface area contributed by atoms with E-state index in [1.165, 1.54) is 115 Å². The van der Waals surface area contributed by atoms with Crippen LogP contribution in [0.3, 0.4) is 0 Å². The molecule has 1 amide bonds. The number of nitrogens with one attached hydrogen (secondary N) is 1. The van der Waals surface area contributed by atoms with E-state index in [0.717, 1.165) is 38.5 Å². The Kier molecular flexibility index (Phi) is 33.8. The van der Waals surface area contributed by atoms with Gasteiger partial charge in [0.05, 0.1) is 31.3 Å². The van der Waals surface area contributed by atoms with Gasteiger partial charge in [0.2, 0.25) is 5.91 Å². The van der Waals surface area contributed by atoms with Crippen molar-refractivity contribution < 1.29 is 59.0 Å². The molecule has 0 aromatic heterocycles. The maximum atomic E-state index is 13.0.